The second-order valence-corrected chi connectivity index (χ2v) is 8.04. The average molecular weight is 424 g/mol. The van der Waals surface area contributed by atoms with Gasteiger partial charge in [0, 0.05) is 0 Å². The maximum Gasteiger partial charge on any atom is 0.265 e. The van der Waals surface area contributed by atoms with Crippen molar-refractivity contribution in [3.05, 3.63) is 81.9 Å². The lowest BCUT2D eigenvalue weighted by Gasteiger charge is -2.17. The van der Waals surface area contributed by atoms with Gasteiger partial charge < -0.3 is 8.83 Å². The highest BCUT2D eigenvalue weighted by Crippen LogP contribution is 2.37. The number of imide groups is 2. The largest absolute Gasteiger partial charge is 0.456 e. The van der Waals surface area contributed by atoms with Crippen LogP contribution in [0.1, 0.15) is 52.6 Å². The third-order valence-corrected chi connectivity index (χ3v) is 6.21. The monoisotopic (exact) mass is 424 g/mol. The van der Waals surface area contributed by atoms with E-state index in [0.29, 0.717) is 44.6 Å². The van der Waals surface area contributed by atoms with Crippen molar-refractivity contribution in [1.82, 2.24) is 9.80 Å². The molecule has 0 saturated carbocycles. The molecule has 0 saturated heterocycles. The summed E-state index contributed by atoms with van der Waals surface area (Å²) in [7, 11) is 0. The van der Waals surface area contributed by atoms with Crippen molar-refractivity contribution in [2.75, 3.05) is 0 Å². The molecular formula is C24H12N2O6. The van der Waals surface area contributed by atoms with Gasteiger partial charge in [0.1, 0.15) is 22.3 Å². The Morgan fingerprint density at radius 3 is 1.22 bits per heavy atom. The van der Waals surface area contributed by atoms with Crippen LogP contribution in [0.3, 0.4) is 0 Å². The number of hydrogen-bond donors (Lipinski definition) is 0. The maximum atomic E-state index is 12.8. The van der Waals surface area contributed by atoms with E-state index in [2.05, 4.69) is 0 Å². The van der Waals surface area contributed by atoms with Crippen LogP contribution in [0, 0.1) is 0 Å². The van der Waals surface area contributed by atoms with Gasteiger partial charge in [0.05, 0.1) is 35.3 Å². The minimum absolute atomic E-state index is 0.0866. The Bertz CT molecular complexity index is 1420. The standard InChI is InChI=1S/C24H12N2O6/c27-21-17-13-4-5-14(31-13)18(17)22(28)25(21)9-11-2-1-3-12(8-11)10-26-23(29)19-15-6-7-16(32-15)20(19)24(26)30/h1-8H,9-10H2. The zero-order chi connectivity index (χ0) is 21.7. The van der Waals surface area contributed by atoms with Gasteiger partial charge in [-0.25, -0.2) is 0 Å². The molecule has 32 heavy (non-hydrogen) atoms. The number of amides is 4. The average Bonchev–Trinajstić information content (AvgIpc) is 3.62. The summed E-state index contributed by atoms with van der Waals surface area (Å²) in [4.78, 5) is 53.6. The molecule has 6 heterocycles. The molecule has 154 valence electrons. The van der Waals surface area contributed by atoms with Gasteiger partial charge in [-0.05, 0) is 35.4 Å². The first-order chi connectivity index (χ1) is 15.5. The molecule has 0 aliphatic carbocycles. The van der Waals surface area contributed by atoms with E-state index in [0.717, 1.165) is 11.1 Å². The van der Waals surface area contributed by atoms with E-state index in [9.17, 15) is 19.2 Å². The Hall–Kier alpha value is -4.46. The van der Waals surface area contributed by atoms with Gasteiger partial charge in [-0.3, -0.25) is 29.0 Å². The first-order valence-corrected chi connectivity index (χ1v) is 10.0. The van der Waals surface area contributed by atoms with Gasteiger partial charge in [-0.2, -0.15) is 0 Å². The van der Waals surface area contributed by atoms with E-state index in [1.807, 2.05) is 0 Å². The Morgan fingerprint density at radius 1 is 0.531 bits per heavy atom. The maximum absolute atomic E-state index is 12.8. The molecule has 4 aromatic heterocycles. The van der Waals surface area contributed by atoms with Crippen molar-refractivity contribution < 1.29 is 28.0 Å². The third kappa shape index (κ3) is 2.01. The number of hydrogen-bond acceptors (Lipinski definition) is 6. The minimum Gasteiger partial charge on any atom is -0.456 e. The van der Waals surface area contributed by atoms with Crippen LogP contribution in [0.25, 0.3) is 22.3 Å². The van der Waals surface area contributed by atoms with Gasteiger partial charge in [0.15, 0.2) is 0 Å². The molecule has 0 radical (unpaired) electrons. The van der Waals surface area contributed by atoms with Crippen LogP contribution in [0.5, 0.6) is 0 Å². The van der Waals surface area contributed by atoms with Crippen molar-refractivity contribution in [2.45, 2.75) is 13.1 Å². The Morgan fingerprint density at radius 2 is 0.875 bits per heavy atom. The normalized spacial score (nSPS) is 15.9. The van der Waals surface area contributed by atoms with E-state index < -0.39 is 0 Å². The fraction of sp³-hybridized carbons (Fsp3) is 0.0833. The van der Waals surface area contributed by atoms with Crippen LogP contribution in [-0.4, -0.2) is 33.4 Å². The molecule has 1 aromatic carbocycles. The van der Waals surface area contributed by atoms with Gasteiger partial charge in [-0.15, -0.1) is 0 Å². The van der Waals surface area contributed by atoms with Gasteiger partial charge >= 0.3 is 0 Å². The van der Waals surface area contributed by atoms with Gasteiger partial charge in [-0.1, -0.05) is 24.3 Å². The summed E-state index contributed by atoms with van der Waals surface area (Å²) in [5.41, 5.74) is 4.37. The van der Waals surface area contributed by atoms with Crippen molar-refractivity contribution in [3.8, 4) is 0 Å². The second kappa shape index (κ2) is 5.61. The Labute approximate surface area is 179 Å². The molecule has 4 bridgehead atoms. The molecule has 0 fully saturated rings. The zero-order valence-corrected chi connectivity index (χ0v) is 16.4. The topological polar surface area (TPSA) is 101 Å². The van der Waals surface area contributed by atoms with Crippen molar-refractivity contribution >= 4 is 46.0 Å². The highest BCUT2D eigenvalue weighted by molar-refractivity contribution is 6.28. The summed E-state index contributed by atoms with van der Waals surface area (Å²) in [6, 6.07) is 13.9. The predicted octanol–water partition coefficient (Wildman–Crippen LogP) is 3.65. The number of furan rings is 4. The lowest BCUT2D eigenvalue weighted by molar-refractivity contribution is 0.0629. The van der Waals surface area contributed by atoms with E-state index in [1.54, 1.807) is 48.5 Å². The first-order valence-electron chi connectivity index (χ1n) is 10.0. The minimum atomic E-state index is -0.382. The summed E-state index contributed by atoms with van der Waals surface area (Å²) < 4.78 is 10.9. The van der Waals surface area contributed by atoms with Crippen molar-refractivity contribution in [3.63, 3.8) is 0 Å². The van der Waals surface area contributed by atoms with Gasteiger partial charge in [0.25, 0.3) is 23.6 Å². The molecule has 0 unspecified atom stereocenters. The van der Waals surface area contributed by atoms with E-state index in [-0.39, 0.29) is 36.7 Å². The molecule has 0 atom stereocenters. The number of carbonyl (C=O) groups excluding carboxylic acids is 4. The lowest BCUT2D eigenvalue weighted by Crippen LogP contribution is -2.30. The van der Waals surface area contributed by atoms with Crippen LogP contribution in [0.15, 0.2) is 57.4 Å². The highest BCUT2D eigenvalue weighted by atomic mass is 16.3. The lowest BCUT2D eigenvalue weighted by atomic mass is 10.1. The summed E-state index contributed by atoms with van der Waals surface area (Å²) in [5.74, 6) is -1.53. The molecule has 7 rings (SSSR count). The summed E-state index contributed by atoms with van der Waals surface area (Å²) in [5, 5.41) is 0. The van der Waals surface area contributed by atoms with Crippen LogP contribution < -0.4 is 0 Å². The molecule has 0 N–H and O–H groups in total. The molecule has 2 aliphatic heterocycles. The summed E-state index contributed by atoms with van der Waals surface area (Å²) in [6.07, 6.45) is 0. The van der Waals surface area contributed by atoms with E-state index in [4.69, 9.17) is 8.83 Å². The van der Waals surface area contributed by atoms with Crippen LogP contribution in [0.2, 0.25) is 0 Å². The van der Waals surface area contributed by atoms with Crippen LogP contribution in [0.4, 0.5) is 0 Å². The molecule has 8 nitrogen and oxygen atoms in total. The number of benzene rings is 3. The van der Waals surface area contributed by atoms with Crippen molar-refractivity contribution in [1.29, 1.82) is 0 Å². The number of nitrogens with zero attached hydrogens (tertiary/aromatic N) is 2. The zero-order valence-electron chi connectivity index (χ0n) is 16.4. The molecular weight excluding hydrogens is 412 g/mol. The Balaban J connectivity index is 1.15. The van der Waals surface area contributed by atoms with Crippen LogP contribution in [-0.2, 0) is 13.1 Å². The highest BCUT2D eigenvalue weighted by Gasteiger charge is 2.43. The predicted molar refractivity (Wildman–Crippen MR) is 110 cm³/mol. The molecule has 0 spiro atoms. The quantitative estimate of drug-likeness (QED) is 0.408. The first kappa shape index (κ1) is 17.2. The van der Waals surface area contributed by atoms with Crippen LogP contribution >= 0.6 is 0 Å². The van der Waals surface area contributed by atoms with E-state index in [1.165, 1.54) is 9.80 Å². The number of rotatable bonds is 4. The Kier molecular flexibility index (Phi) is 3.02. The molecule has 4 amide bonds. The van der Waals surface area contributed by atoms with Crippen molar-refractivity contribution in [2.24, 2.45) is 0 Å². The summed E-state index contributed by atoms with van der Waals surface area (Å²) in [6.45, 7) is 0.173. The summed E-state index contributed by atoms with van der Waals surface area (Å²) >= 11 is 0. The number of carbonyl (C=O) groups is 4. The van der Waals surface area contributed by atoms with E-state index >= 15 is 0 Å². The SMILES string of the molecule is O=C1c2c(c3ccc2o3)C(=O)N1Cc1cccc(CN2C(=O)c3c(c4ccc3o4)C2=O)c1. The van der Waals surface area contributed by atoms with Gasteiger partial charge in [0.2, 0.25) is 0 Å². The molecule has 8 heteroatoms. The molecule has 2 aliphatic rings. The fourth-order valence-electron chi connectivity index (χ4n) is 4.76. The number of fused-ring (bicyclic) bond motifs is 10. The second-order valence-electron chi connectivity index (χ2n) is 8.04. The smallest absolute Gasteiger partial charge is 0.265 e. The molecule has 5 aromatic rings. The fourth-order valence-corrected chi connectivity index (χ4v) is 4.76. The third-order valence-electron chi connectivity index (χ3n) is 6.21.